The maximum atomic E-state index is 14.5. The molecule has 3 rings (SSSR count). The van der Waals surface area contributed by atoms with E-state index >= 15 is 0 Å². The van der Waals surface area contributed by atoms with Gasteiger partial charge in [0.1, 0.15) is 11.9 Å². The first-order valence-corrected chi connectivity index (χ1v) is 10.3. The van der Waals surface area contributed by atoms with Crippen LogP contribution >= 0.6 is 0 Å². The van der Waals surface area contributed by atoms with Crippen molar-refractivity contribution >= 4 is 26.6 Å². The molecule has 1 heterocycles. The smallest absolute Gasteiger partial charge is 0.229 e. The van der Waals surface area contributed by atoms with Crippen molar-refractivity contribution in [3.05, 3.63) is 53.5 Å². The summed E-state index contributed by atoms with van der Waals surface area (Å²) in [5, 5.41) is 9.91. The van der Waals surface area contributed by atoms with Gasteiger partial charge < -0.3 is 4.57 Å². The number of hydrogen-bond donors (Lipinski definition) is 1. The van der Waals surface area contributed by atoms with E-state index in [4.69, 9.17) is 5.26 Å². The molecular formula is C20H20FN3O2S. The Balaban J connectivity index is 2.27. The number of nitrogens with zero attached hydrogens (tertiary/aromatic N) is 2. The normalized spacial score (nSPS) is 11.7. The molecule has 0 aliphatic rings. The highest BCUT2D eigenvalue weighted by Gasteiger charge is 2.17. The fourth-order valence-electron chi connectivity index (χ4n) is 3.23. The van der Waals surface area contributed by atoms with E-state index in [1.54, 1.807) is 25.1 Å². The lowest BCUT2D eigenvalue weighted by atomic mass is 9.97. The highest BCUT2D eigenvalue weighted by molar-refractivity contribution is 7.92. The Bertz CT molecular complexity index is 1190. The lowest BCUT2D eigenvalue weighted by Gasteiger charge is -2.10. The van der Waals surface area contributed by atoms with Crippen molar-refractivity contribution in [3.8, 4) is 17.2 Å². The quantitative estimate of drug-likeness (QED) is 0.714. The van der Waals surface area contributed by atoms with Crippen LogP contribution in [-0.2, 0) is 10.0 Å². The molecule has 0 radical (unpaired) electrons. The first kappa shape index (κ1) is 18.9. The van der Waals surface area contributed by atoms with Gasteiger partial charge in [-0.25, -0.2) is 12.8 Å². The van der Waals surface area contributed by atoms with E-state index in [1.807, 2.05) is 36.7 Å². The number of benzene rings is 2. The van der Waals surface area contributed by atoms with Crippen LogP contribution in [0.4, 0.5) is 10.1 Å². The molecule has 1 aromatic heterocycles. The van der Waals surface area contributed by atoms with Gasteiger partial charge in [-0.3, -0.25) is 4.72 Å². The van der Waals surface area contributed by atoms with Crippen molar-refractivity contribution < 1.29 is 12.8 Å². The van der Waals surface area contributed by atoms with Crippen LogP contribution in [0.5, 0.6) is 0 Å². The van der Waals surface area contributed by atoms with Gasteiger partial charge in [-0.1, -0.05) is 12.1 Å². The zero-order chi connectivity index (χ0) is 19.9. The maximum absolute atomic E-state index is 14.5. The van der Waals surface area contributed by atoms with Gasteiger partial charge in [0.15, 0.2) is 0 Å². The molecule has 0 spiro atoms. The van der Waals surface area contributed by atoms with Crippen LogP contribution in [0.25, 0.3) is 22.0 Å². The summed E-state index contributed by atoms with van der Waals surface area (Å²) in [6, 6.07) is 10.5. The number of sulfonamides is 1. The summed E-state index contributed by atoms with van der Waals surface area (Å²) in [4.78, 5) is 0. The third kappa shape index (κ3) is 3.53. The minimum Gasteiger partial charge on any atom is -0.344 e. The van der Waals surface area contributed by atoms with Crippen molar-refractivity contribution in [2.45, 2.75) is 26.8 Å². The van der Waals surface area contributed by atoms with E-state index in [9.17, 15) is 12.8 Å². The molecule has 0 aliphatic carbocycles. The Hall–Kier alpha value is -2.85. The predicted molar refractivity (Wildman–Crippen MR) is 106 cm³/mol. The molecule has 0 atom stereocenters. The van der Waals surface area contributed by atoms with Crippen LogP contribution in [0.2, 0.25) is 0 Å². The Morgan fingerprint density at radius 3 is 2.48 bits per heavy atom. The van der Waals surface area contributed by atoms with Gasteiger partial charge in [-0.2, -0.15) is 5.26 Å². The number of halogens is 1. The van der Waals surface area contributed by atoms with Crippen LogP contribution in [0.15, 0.2) is 36.5 Å². The maximum Gasteiger partial charge on any atom is 0.229 e. The Labute approximate surface area is 158 Å². The van der Waals surface area contributed by atoms with Gasteiger partial charge >= 0.3 is 0 Å². The highest BCUT2D eigenvalue weighted by atomic mass is 32.2. The lowest BCUT2D eigenvalue weighted by molar-refractivity contribution is 0.606. The second-order valence-electron chi connectivity index (χ2n) is 6.86. The molecule has 2 aromatic carbocycles. The molecule has 0 aliphatic heterocycles. The van der Waals surface area contributed by atoms with Gasteiger partial charge in [0.2, 0.25) is 10.0 Å². The van der Waals surface area contributed by atoms with Crippen molar-refractivity contribution in [1.82, 2.24) is 4.57 Å². The molecule has 0 fully saturated rings. The third-order valence-electron chi connectivity index (χ3n) is 4.49. The fourth-order valence-corrected chi connectivity index (χ4v) is 3.79. The van der Waals surface area contributed by atoms with E-state index in [0.29, 0.717) is 16.8 Å². The summed E-state index contributed by atoms with van der Waals surface area (Å²) in [5.74, 6) is -0.518. The third-order valence-corrected chi connectivity index (χ3v) is 5.10. The van der Waals surface area contributed by atoms with Gasteiger partial charge in [-0.05, 0) is 50.1 Å². The highest BCUT2D eigenvalue weighted by Crippen LogP contribution is 2.36. The first-order valence-electron chi connectivity index (χ1n) is 8.44. The SMILES string of the molecule is Cc1c(-c2cn(C(C)C)c3cc(NS(C)(=O)=O)ccc23)ccc(C#N)c1F. The molecule has 0 bridgehead atoms. The van der Waals surface area contributed by atoms with Crippen LogP contribution in [0, 0.1) is 24.1 Å². The van der Waals surface area contributed by atoms with Gasteiger partial charge in [0.05, 0.1) is 23.0 Å². The number of nitrogens with one attached hydrogen (secondary N) is 1. The first-order chi connectivity index (χ1) is 12.6. The van der Waals surface area contributed by atoms with E-state index in [-0.39, 0.29) is 11.6 Å². The molecule has 0 saturated carbocycles. The second-order valence-corrected chi connectivity index (χ2v) is 8.61. The van der Waals surface area contributed by atoms with Crippen molar-refractivity contribution in [1.29, 1.82) is 5.26 Å². The zero-order valence-corrected chi connectivity index (χ0v) is 16.4. The Morgan fingerprint density at radius 2 is 1.89 bits per heavy atom. The van der Waals surface area contributed by atoms with Crippen LogP contribution in [0.1, 0.15) is 31.0 Å². The molecule has 140 valence electrons. The van der Waals surface area contributed by atoms with E-state index in [0.717, 1.165) is 22.7 Å². The number of fused-ring (bicyclic) bond motifs is 1. The summed E-state index contributed by atoms with van der Waals surface area (Å²) >= 11 is 0. The molecule has 0 amide bonds. The standard InChI is InChI=1S/C20H20FN3O2S/c1-12(2)24-11-18(16-7-5-14(10-22)20(21)13(16)3)17-8-6-15(9-19(17)24)23-27(4,25)26/h5-9,11-12,23H,1-4H3. The van der Waals surface area contributed by atoms with E-state index < -0.39 is 15.8 Å². The number of rotatable bonds is 4. The Kier molecular flexibility index (Phi) is 4.70. The molecule has 0 unspecified atom stereocenters. The minimum absolute atomic E-state index is 0.0171. The average Bonchev–Trinajstić information content (AvgIpc) is 2.94. The van der Waals surface area contributed by atoms with Crippen LogP contribution in [-0.4, -0.2) is 19.2 Å². The van der Waals surface area contributed by atoms with Crippen molar-refractivity contribution in [2.24, 2.45) is 0 Å². The molecule has 1 N–H and O–H groups in total. The number of anilines is 1. The molecule has 0 saturated heterocycles. The summed E-state index contributed by atoms with van der Waals surface area (Å²) in [6.07, 6.45) is 3.04. The molecular weight excluding hydrogens is 365 g/mol. The van der Waals surface area contributed by atoms with Crippen LogP contribution in [0.3, 0.4) is 0 Å². The monoisotopic (exact) mass is 385 g/mol. The minimum atomic E-state index is -3.38. The molecule has 5 nitrogen and oxygen atoms in total. The molecule has 7 heteroatoms. The molecule has 27 heavy (non-hydrogen) atoms. The van der Waals surface area contributed by atoms with E-state index in [2.05, 4.69) is 4.72 Å². The van der Waals surface area contributed by atoms with Gasteiger partial charge in [-0.15, -0.1) is 0 Å². The lowest BCUT2D eigenvalue weighted by Crippen LogP contribution is -2.09. The molecule has 3 aromatic rings. The largest absolute Gasteiger partial charge is 0.344 e. The number of nitriles is 1. The summed E-state index contributed by atoms with van der Waals surface area (Å²) in [7, 11) is -3.38. The van der Waals surface area contributed by atoms with Crippen molar-refractivity contribution in [2.75, 3.05) is 11.0 Å². The van der Waals surface area contributed by atoms with E-state index in [1.165, 1.54) is 6.07 Å². The second kappa shape index (κ2) is 6.71. The number of aromatic nitrogens is 1. The topological polar surface area (TPSA) is 74.9 Å². The average molecular weight is 385 g/mol. The summed E-state index contributed by atoms with van der Waals surface area (Å²) in [5.41, 5.74) is 3.29. The fraction of sp³-hybridized carbons (Fsp3) is 0.250. The zero-order valence-electron chi connectivity index (χ0n) is 15.5. The van der Waals surface area contributed by atoms with Crippen molar-refractivity contribution in [3.63, 3.8) is 0 Å². The Morgan fingerprint density at radius 1 is 1.19 bits per heavy atom. The summed E-state index contributed by atoms with van der Waals surface area (Å²) in [6.45, 7) is 5.70. The summed E-state index contributed by atoms with van der Waals surface area (Å²) < 4.78 is 42.0. The number of hydrogen-bond acceptors (Lipinski definition) is 3. The predicted octanol–water partition coefficient (Wildman–Crippen LogP) is 4.58. The van der Waals surface area contributed by atoms with Gasteiger partial charge in [0.25, 0.3) is 0 Å². The van der Waals surface area contributed by atoms with Gasteiger partial charge in [0, 0.05) is 23.2 Å². The van der Waals surface area contributed by atoms with Crippen LogP contribution < -0.4 is 4.72 Å².